The highest BCUT2D eigenvalue weighted by atomic mass is 35.5. The van der Waals surface area contributed by atoms with Crippen LogP contribution in [0.1, 0.15) is 22.2 Å². The molecule has 4 heterocycles. The van der Waals surface area contributed by atoms with Gasteiger partial charge in [-0.3, -0.25) is 0 Å². The lowest BCUT2D eigenvalue weighted by Gasteiger charge is -2.20. The number of aryl methyl sites for hydroxylation is 1. The van der Waals surface area contributed by atoms with E-state index in [4.69, 9.17) is 16.3 Å². The number of thiazole rings is 1. The summed E-state index contributed by atoms with van der Waals surface area (Å²) in [4.78, 5) is 28.4. The molecule has 1 unspecified atom stereocenters. The summed E-state index contributed by atoms with van der Waals surface area (Å²) in [6, 6.07) is 10.8. The summed E-state index contributed by atoms with van der Waals surface area (Å²) in [6.45, 7) is 1.92. The number of ether oxygens (including phenoxy) is 1. The summed E-state index contributed by atoms with van der Waals surface area (Å²) in [7, 11) is 1.62. The van der Waals surface area contributed by atoms with Gasteiger partial charge in [0.2, 0.25) is 0 Å². The van der Waals surface area contributed by atoms with Crippen molar-refractivity contribution in [3.05, 3.63) is 82.3 Å². The number of rotatable bonds is 6. The fourth-order valence-electron chi connectivity index (χ4n) is 3.67. The fraction of sp³-hybridized carbons (Fsp3) is 0.130. The van der Waals surface area contributed by atoms with Crippen LogP contribution in [-0.4, -0.2) is 43.1 Å². The van der Waals surface area contributed by atoms with E-state index in [0.29, 0.717) is 22.7 Å². The first-order valence-corrected chi connectivity index (χ1v) is 11.7. The van der Waals surface area contributed by atoms with Crippen LogP contribution in [0.2, 0.25) is 5.02 Å². The minimum atomic E-state index is -0.495. The van der Waals surface area contributed by atoms with Gasteiger partial charge in [-0.1, -0.05) is 53.3 Å². The van der Waals surface area contributed by atoms with Gasteiger partial charge in [0.1, 0.15) is 16.5 Å². The summed E-state index contributed by atoms with van der Waals surface area (Å²) in [6.07, 6.45) is 5.66. The molecule has 4 aromatic heterocycles. The Balaban J connectivity index is 1.45. The van der Waals surface area contributed by atoms with Crippen molar-refractivity contribution >= 4 is 50.7 Å². The monoisotopic (exact) mass is 506 g/mol. The summed E-state index contributed by atoms with van der Waals surface area (Å²) in [5.41, 5.74) is 3.21. The van der Waals surface area contributed by atoms with E-state index in [1.54, 1.807) is 19.4 Å². The Morgan fingerprint density at radius 3 is 2.60 bits per heavy atom. The van der Waals surface area contributed by atoms with Crippen LogP contribution in [-0.2, 0) is 4.74 Å². The average molecular weight is 507 g/mol. The summed E-state index contributed by atoms with van der Waals surface area (Å²) in [5.74, 6) is 0.351. The minimum absolute atomic E-state index is 0.282. The van der Waals surface area contributed by atoms with Crippen molar-refractivity contribution in [1.29, 1.82) is 0 Å². The number of carbonyl (C=O) groups excluding carboxylic acids is 1. The SMILES string of the molecule is COC(c1ccccc1)c1c(NC(=O)Nc2cnc(-n3nccn3)c(Cl)c2)cnc2sc(C)nc12. The second kappa shape index (κ2) is 9.74. The number of hydrogen-bond donors (Lipinski definition) is 2. The zero-order valence-corrected chi connectivity index (χ0v) is 20.2. The molecular formula is C23H19ClN8O2S. The molecule has 5 aromatic rings. The van der Waals surface area contributed by atoms with E-state index in [9.17, 15) is 4.79 Å². The lowest BCUT2D eigenvalue weighted by atomic mass is 10.00. The molecule has 1 atom stereocenters. The predicted molar refractivity (Wildman–Crippen MR) is 134 cm³/mol. The van der Waals surface area contributed by atoms with Crippen LogP contribution < -0.4 is 10.6 Å². The molecule has 5 rings (SSSR count). The Hall–Kier alpha value is -3.93. The molecule has 12 heteroatoms. The zero-order chi connectivity index (χ0) is 24.4. The molecule has 2 N–H and O–H groups in total. The van der Waals surface area contributed by atoms with Crippen molar-refractivity contribution in [2.24, 2.45) is 0 Å². The summed E-state index contributed by atoms with van der Waals surface area (Å²) >= 11 is 7.80. The maximum atomic E-state index is 12.9. The van der Waals surface area contributed by atoms with E-state index in [1.165, 1.54) is 34.7 Å². The molecule has 1 aromatic carbocycles. The molecule has 0 radical (unpaired) electrons. The van der Waals surface area contributed by atoms with Crippen molar-refractivity contribution in [2.75, 3.05) is 17.7 Å². The second-order valence-electron chi connectivity index (χ2n) is 7.43. The van der Waals surface area contributed by atoms with Gasteiger partial charge in [0.05, 0.1) is 46.2 Å². The highest BCUT2D eigenvalue weighted by Gasteiger charge is 2.24. The maximum Gasteiger partial charge on any atom is 0.323 e. The molecule has 0 bridgehead atoms. The fourth-order valence-corrected chi connectivity index (χ4v) is 4.69. The van der Waals surface area contributed by atoms with Crippen LogP contribution >= 0.6 is 22.9 Å². The molecule has 0 saturated heterocycles. The predicted octanol–water partition coefficient (Wildman–Crippen LogP) is 5.01. The Labute approximate surface area is 209 Å². The van der Waals surface area contributed by atoms with Crippen LogP contribution in [0.25, 0.3) is 16.2 Å². The smallest absolute Gasteiger partial charge is 0.323 e. The summed E-state index contributed by atoms with van der Waals surface area (Å²) < 4.78 is 5.87. The first-order chi connectivity index (χ1) is 17.0. The molecule has 10 nitrogen and oxygen atoms in total. The van der Waals surface area contributed by atoms with Crippen LogP contribution in [0.4, 0.5) is 16.2 Å². The Morgan fingerprint density at radius 1 is 1.11 bits per heavy atom. The van der Waals surface area contributed by atoms with Crippen LogP contribution in [0.15, 0.2) is 61.2 Å². The highest BCUT2D eigenvalue weighted by Crippen LogP contribution is 2.37. The standard InChI is InChI=1S/C23H19ClN8O2S/c1-13-29-19-18(20(34-2)14-6-4-3-5-7-14)17(12-26-22(19)35-13)31-23(33)30-15-10-16(24)21(25-11-15)32-27-8-9-28-32/h3-12,20H,1-2H3,(H2,30,31,33). The molecule has 0 aliphatic carbocycles. The van der Waals surface area contributed by atoms with Crippen molar-refractivity contribution in [3.63, 3.8) is 0 Å². The van der Waals surface area contributed by atoms with Gasteiger partial charge in [0.25, 0.3) is 0 Å². The number of benzene rings is 1. The van der Waals surface area contributed by atoms with Crippen molar-refractivity contribution in [3.8, 4) is 5.82 Å². The third-order valence-electron chi connectivity index (χ3n) is 5.11. The zero-order valence-electron chi connectivity index (χ0n) is 18.6. The number of amides is 2. The van der Waals surface area contributed by atoms with Gasteiger partial charge < -0.3 is 15.4 Å². The largest absolute Gasteiger partial charge is 0.372 e. The first-order valence-electron chi connectivity index (χ1n) is 10.5. The van der Waals surface area contributed by atoms with E-state index in [1.807, 2.05) is 37.3 Å². The van der Waals surface area contributed by atoms with Gasteiger partial charge in [0, 0.05) is 12.7 Å². The summed E-state index contributed by atoms with van der Waals surface area (Å²) in [5, 5.41) is 14.8. The number of halogens is 1. The normalized spacial score (nSPS) is 12.0. The van der Waals surface area contributed by atoms with Crippen LogP contribution in [0, 0.1) is 6.92 Å². The lowest BCUT2D eigenvalue weighted by molar-refractivity contribution is 0.138. The van der Waals surface area contributed by atoms with E-state index in [0.717, 1.165) is 21.0 Å². The first kappa shape index (κ1) is 22.8. The van der Waals surface area contributed by atoms with Gasteiger partial charge >= 0.3 is 6.03 Å². The van der Waals surface area contributed by atoms with Gasteiger partial charge in [-0.25, -0.2) is 19.7 Å². The Morgan fingerprint density at radius 2 is 1.89 bits per heavy atom. The second-order valence-corrected chi connectivity index (χ2v) is 9.01. The molecule has 0 spiro atoms. The van der Waals surface area contributed by atoms with E-state index in [2.05, 4.69) is 35.8 Å². The number of urea groups is 1. The number of aromatic nitrogens is 6. The molecule has 0 aliphatic rings. The number of hydrogen-bond acceptors (Lipinski definition) is 8. The number of anilines is 2. The third kappa shape index (κ3) is 4.69. The quantitative estimate of drug-likeness (QED) is 0.332. The van der Waals surface area contributed by atoms with Gasteiger partial charge in [-0.05, 0) is 18.6 Å². The number of fused-ring (bicyclic) bond motifs is 1. The number of nitrogens with one attached hydrogen (secondary N) is 2. The van der Waals surface area contributed by atoms with E-state index in [-0.39, 0.29) is 5.02 Å². The van der Waals surface area contributed by atoms with Crippen LogP contribution in [0.3, 0.4) is 0 Å². The molecular weight excluding hydrogens is 488 g/mol. The number of carbonyl (C=O) groups is 1. The van der Waals surface area contributed by atoms with Crippen molar-refractivity contribution in [2.45, 2.75) is 13.0 Å². The van der Waals surface area contributed by atoms with Crippen LogP contribution in [0.5, 0.6) is 0 Å². The number of nitrogens with zero attached hydrogens (tertiary/aromatic N) is 6. The minimum Gasteiger partial charge on any atom is -0.372 e. The number of methoxy groups -OCH3 is 1. The molecule has 0 saturated carbocycles. The Bertz CT molecular complexity index is 1490. The van der Waals surface area contributed by atoms with Crippen molar-refractivity contribution < 1.29 is 9.53 Å². The maximum absolute atomic E-state index is 12.9. The molecule has 0 aliphatic heterocycles. The Kier molecular flexibility index (Phi) is 6.36. The van der Waals surface area contributed by atoms with E-state index < -0.39 is 12.1 Å². The van der Waals surface area contributed by atoms with Gasteiger partial charge in [0.15, 0.2) is 5.82 Å². The molecule has 176 valence electrons. The van der Waals surface area contributed by atoms with E-state index >= 15 is 0 Å². The number of pyridine rings is 2. The topological polar surface area (TPSA) is 120 Å². The van der Waals surface area contributed by atoms with Gasteiger partial charge in [-0.2, -0.15) is 10.2 Å². The third-order valence-corrected chi connectivity index (χ3v) is 6.27. The average Bonchev–Trinajstić information content (AvgIpc) is 3.51. The molecule has 0 fully saturated rings. The molecule has 35 heavy (non-hydrogen) atoms. The highest BCUT2D eigenvalue weighted by molar-refractivity contribution is 7.18. The molecule has 2 amide bonds. The van der Waals surface area contributed by atoms with Crippen molar-refractivity contribution in [1.82, 2.24) is 29.9 Å². The lowest BCUT2D eigenvalue weighted by Crippen LogP contribution is -2.22. The van der Waals surface area contributed by atoms with Gasteiger partial charge in [-0.15, -0.1) is 4.80 Å².